The molecule has 0 aliphatic carbocycles. The maximum atomic E-state index is 11.9. The molecule has 0 unspecified atom stereocenters. The number of aromatic nitrogens is 1. The molecule has 0 fully saturated rings. The first-order valence-electron chi connectivity index (χ1n) is 6.14. The molecule has 1 aromatic heterocycles. The molecule has 2 N–H and O–H groups in total. The number of aryl methyl sites for hydroxylation is 1. The average Bonchev–Trinajstić information content (AvgIpc) is 2.27. The van der Waals surface area contributed by atoms with E-state index in [1.54, 1.807) is 33.0 Å². The van der Waals surface area contributed by atoms with Crippen LogP contribution in [0, 0.1) is 12.3 Å². The number of carboxylic acid groups (broad SMARTS) is 1. The van der Waals surface area contributed by atoms with Crippen LogP contribution >= 0.6 is 0 Å². The highest BCUT2D eigenvalue weighted by atomic mass is 16.4. The fraction of sp³-hybridized carbons (Fsp3) is 0.500. The number of nitrogens with zero attached hydrogens (tertiary/aromatic N) is 1. The van der Waals surface area contributed by atoms with Crippen LogP contribution in [0.4, 0.5) is 0 Å². The van der Waals surface area contributed by atoms with Gasteiger partial charge in [0.05, 0.1) is 12.1 Å². The molecule has 19 heavy (non-hydrogen) atoms. The summed E-state index contributed by atoms with van der Waals surface area (Å²) in [6.07, 6.45) is 1.71. The SMILES string of the molecule is Cc1cccnc1CC(=O)N[C@H](C(=O)O)C(C)(C)C. The summed E-state index contributed by atoms with van der Waals surface area (Å²) in [5.74, 6) is -1.36. The first kappa shape index (κ1) is 15.1. The van der Waals surface area contributed by atoms with Gasteiger partial charge in [-0.1, -0.05) is 26.8 Å². The van der Waals surface area contributed by atoms with Gasteiger partial charge in [-0.25, -0.2) is 4.79 Å². The second-order valence-corrected chi connectivity index (χ2v) is 5.65. The number of rotatable bonds is 4. The summed E-state index contributed by atoms with van der Waals surface area (Å²) in [7, 11) is 0. The third kappa shape index (κ3) is 4.35. The van der Waals surface area contributed by atoms with E-state index in [-0.39, 0.29) is 12.3 Å². The van der Waals surface area contributed by atoms with Crippen LogP contribution in [-0.4, -0.2) is 28.0 Å². The van der Waals surface area contributed by atoms with Gasteiger partial charge in [0.25, 0.3) is 0 Å². The lowest BCUT2D eigenvalue weighted by atomic mass is 9.86. The van der Waals surface area contributed by atoms with Gasteiger partial charge in [-0.15, -0.1) is 0 Å². The van der Waals surface area contributed by atoms with Crippen molar-refractivity contribution in [3.05, 3.63) is 29.6 Å². The second-order valence-electron chi connectivity index (χ2n) is 5.65. The third-order valence-corrected chi connectivity index (χ3v) is 2.86. The molecule has 5 heteroatoms. The van der Waals surface area contributed by atoms with Gasteiger partial charge in [-0.3, -0.25) is 9.78 Å². The molecular formula is C14H20N2O3. The van der Waals surface area contributed by atoms with Crippen molar-refractivity contribution in [2.24, 2.45) is 5.41 Å². The largest absolute Gasteiger partial charge is 0.480 e. The van der Waals surface area contributed by atoms with Crippen molar-refractivity contribution in [2.75, 3.05) is 0 Å². The molecule has 5 nitrogen and oxygen atoms in total. The molecule has 0 aliphatic heterocycles. The lowest BCUT2D eigenvalue weighted by Gasteiger charge is -2.27. The van der Waals surface area contributed by atoms with Crippen molar-refractivity contribution in [2.45, 2.75) is 40.2 Å². The van der Waals surface area contributed by atoms with Crippen molar-refractivity contribution >= 4 is 11.9 Å². The maximum Gasteiger partial charge on any atom is 0.326 e. The molecule has 1 amide bonds. The highest BCUT2D eigenvalue weighted by Crippen LogP contribution is 2.19. The Hall–Kier alpha value is -1.91. The Kier molecular flexibility index (Phi) is 4.64. The molecule has 104 valence electrons. The minimum atomic E-state index is -1.03. The van der Waals surface area contributed by atoms with Crippen LogP contribution in [0.15, 0.2) is 18.3 Å². The molecule has 1 aromatic rings. The highest BCUT2D eigenvalue weighted by Gasteiger charge is 2.32. The lowest BCUT2D eigenvalue weighted by molar-refractivity contribution is -0.144. The minimum absolute atomic E-state index is 0.0898. The van der Waals surface area contributed by atoms with Crippen LogP contribution in [0.1, 0.15) is 32.0 Å². The van der Waals surface area contributed by atoms with Gasteiger partial charge in [-0.2, -0.15) is 0 Å². The van der Waals surface area contributed by atoms with Gasteiger partial charge in [0.15, 0.2) is 0 Å². The van der Waals surface area contributed by atoms with Crippen molar-refractivity contribution in [1.82, 2.24) is 10.3 Å². The summed E-state index contributed by atoms with van der Waals surface area (Å²) in [6, 6.07) is 2.75. The van der Waals surface area contributed by atoms with Gasteiger partial charge < -0.3 is 10.4 Å². The van der Waals surface area contributed by atoms with E-state index in [1.165, 1.54) is 0 Å². The van der Waals surface area contributed by atoms with Crippen molar-refractivity contribution in [1.29, 1.82) is 0 Å². The van der Waals surface area contributed by atoms with Gasteiger partial charge in [0.2, 0.25) is 5.91 Å². The predicted molar refractivity (Wildman–Crippen MR) is 71.7 cm³/mol. The van der Waals surface area contributed by atoms with Crippen LogP contribution in [0.3, 0.4) is 0 Å². The summed E-state index contributed by atoms with van der Waals surface area (Å²) < 4.78 is 0. The quantitative estimate of drug-likeness (QED) is 0.864. The topological polar surface area (TPSA) is 79.3 Å². The zero-order valence-electron chi connectivity index (χ0n) is 11.7. The van der Waals surface area contributed by atoms with Crippen molar-refractivity contribution in [3.63, 3.8) is 0 Å². The Morgan fingerprint density at radius 2 is 2.05 bits per heavy atom. The highest BCUT2D eigenvalue weighted by molar-refractivity contribution is 5.85. The first-order chi connectivity index (χ1) is 8.71. The minimum Gasteiger partial charge on any atom is -0.480 e. The lowest BCUT2D eigenvalue weighted by Crippen LogP contribution is -2.49. The van der Waals surface area contributed by atoms with Crippen LogP contribution in [0.5, 0.6) is 0 Å². The van der Waals surface area contributed by atoms with E-state index in [1.807, 2.05) is 13.0 Å². The Bertz CT molecular complexity index is 478. The standard InChI is InChI=1S/C14H20N2O3/c1-9-6-5-7-15-10(9)8-11(17)16-12(13(18)19)14(2,3)4/h5-7,12H,8H2,1-4H3,(H,16,17)(H,18,19)/t12-/m1/s1. The maximum absolute atomic E-state index is 11.9. The Morgan fingerprint density at radius 3 is 2.53 bits per heavy atom. The van der Waals surface area contributed by atoms with Crippen LogP contribution in [0.25, 0.3) is 0 Å². The molecule has 0 saturated carbocycles. The third-order valence-electron chi connectivity index (χ3n) is 2.86. The van der Waals surface area contributed by atoms with Crippen molar-refractivity contribution < 1.29 is 14.7 Å². The van der Waals surface area contributed by atoms with Crippen LogP contribution in [-0.2, 0) is 16.0 Å². The zero-order valence-corrected chi connectivity index (χ0v) is 11.7. The van der Waals surface area contributed by atoms with Crippen LogP contribution in [0.2, 0.25) is 0 Å². The molecule has 1 heterocycles. The molecule has 0 aromatic carbocycles. The van der Waals surface area contributed by atoms with Gasteiger partial charge in [0, 0.05) is 6.20 Å². The molecule has 0 bridgehead atoms. The zero-order chi connectivity index (χ0) is 14.6. The van der Waals surface area contributed by atoms with Crippen LogP contribution < -0.4 is 5.32 Å². The van der Waals surface area contributed by atoms with E-state index < -0.39 is 17.4 Å². The number of carbonyl (C=O) groups is 2. The van der Waals surface area contributed by atoms with Gasteiger partial charge in [-0.05, 0) is 24.0 Å². The first-order valence-corrected chi connectivity index (χ1v) is 6.14. The molecule has 0 spiro atoms. The van der Waals surface area contributed by atoms with E-state index in [0.29, 0.717) is 5.69 Å². The number of hydrogen-bond acceptors (Lipinski definition) is 3. The average molecular weight is 264 g/mol. The predicted octanol–water partition coefficient (Wildman–Crippen LogP) is 1.55. The summed E-state index contributed by atoms with van der Waals surface area (Å²) in [5, 5.41) is 11.7. The number of carbonyl (C=O) groups excluding carboxylic acids is 1. The second kappa shape index (κ2) is 5.82. The fourth-order valence-electron chi connectivity index (χ4n) is 1.72. The Morgan fingerprint density at radius 1 is 1.42 bits per heavy atom. The van der Waals surface area contributed by atoms with E-state index in [9.17, 15) is 9.59 Å². The number of hydrogen-bond donors (Lipinski definition) is 2. The van der Waals surface area contributed by atoms with Gasteiger partial charge in [0.1, 0.15) is 6.04 Å². The molecular weight excluding hydrogens is 244 g/mol. The fourth-order valence-corrected chi connectivity index (χ4v) is 1.72. The number of pyridine rings is 1. The summed E-state index contributed by atoms with van der Waals surface area (Å²) in [4.78, 5) is 27.2. The summed E-state index contributed by atoms with van der Waals surface area (Å²) >= 11 is 0. The van der Waals surface area contributed by atoms with E-state index in [4.69, 9.17) is 5.11 Å². The smallest absolute Gasteiger partial charge is 0.326 e. The molecule has 0 saturated heterocycles. The number of carboxylic acids is 1. The molecule has 0 radical (unpaired) electrons. The monoisotopic (exact) mass is 264 g/mol. The van der Waals surface area contributed by atoms with E-state index >= 15 is 0 Å². The normalized spacial score (nSPS) is 12.8. The molecule has 1 atom stereocenters. The summed E-state index contributed by atoms with van der Waals surface area (Å²) in [6.45, 7) is 7.20. The number of aliphatic carboxylic acids is 1. The van der Waals surface area contributed by atoms with Crippen molar-refractivity contribution in [3.8, 4) is 0 Å². The molecule has 0 aliphatic rings. The van der Waals surface area contributed by atoms with E-state index in [2.05, 4.69) is 10.3 Å². The number of nitrogens with one attached hydrogen (secondary N) is 1. The summed E-state index contributed by atoms with van der Waals surface area (Å²) in [5.41, 5.74) is 1.04. The molecule has 1 rings (SSSR count). The van der Waals surface area contributed by atoms with E-state index in [0.717, 1.165) is 5.56 Å². The Balaban J connectivity index is 2.75. The number of amides is 1. The Labute approximate surface area is 113 Å². The van der Waals surface area contributed by atoms with Gasteiger partial charge >= 0.3 is 5.97 Å².